The second kappa shape index (κ2) is 11.1. The first-order valence-corrected chi connectivity index (χ1v) is 11.7. The van der Waals surface area contributed by atoms with Gasteiger partial charge in [-0.25, -0.2) is 13.2 Å². The molecule has 1 amide bonds. The molecule has 0 fully saturated rings. The topological polar surface area (TPSA) is 93.2 Å². The molecule has 2 aromatic carbocycles. The van der Waals surface area contributed by atoms with E-state index in [-0.39, 0.29) is 35.2 Å². The number of rotatable bonds is 10. The van der Waals surface area contributed by atoms with Crippen molar-refractivity contribution in [3.8, 4) is 5.75 Å². The highest BCUT2D eigenvalue weighted by Gasteiger charge is 2.27. The van der Waals surface area contributed by atoms with Gasteiger partial charge in [0.05, 0.1) is 12.7 Å². The first kappa shape index (κ1) is 25.4. The average molecular weight is 463 g/mol. The predicted molar refractivity (Wildman–Crippen MR) is 121 cm³/mol. The molecule has 2 aromatic rings. The van der Waals surface area contributed by atoms with Gasteiger partial charge in [-0.3, -0.25) is 4.79 Å². The number of hydrogen-bond acceptors (Lipinski definition) is 6. The summed E-state index contributed by atoms with van der Waals surface area (Å²) in [5.41, 5.74) is 2.08. The van der Waals surface area contributed by atoms with Gasteiger partial charge >= 0.3 is 5.97 Å². The largest absolute Gasteiger partial charge is 0.495 e. The van der Waals surface area contributed by atoms with Crippen molar-refractivity contribution in [1.29, 1.82) is 0 Å². The maximum atomic E-state index is 12.9. The smallest absolute Gasteiger partial charge is 0.338 e. The molecule has 0 atom stereocenters. The van der Waals surface area contributed by atoms with E-state index in [1.165, 1.54) is 34.5 Å². The second-order valence-electron chi connectivity index (χ2n) is 7.21. The van der Waals surface area contributed by atoms with Gasteiger partial charge in [0.15, 0.2) is 6.61 Å². The normalized spacial score (nSPS) is 11.3. The summed E-state index contributed by atoms with van der Waals surface area (Å²) in [6, 6.07) is 11.7. The number of benzene rings is 2. The van der Waals surface area contributed by atoms with E-state index in [4.69, 9.17) is 9.47 Å². The highest BCUT2D eigenvalue weighted by atomic mass is 32.2. The molecule has 0 bridgehead atoms. The molecule has 0 aromatic heterocycles. The maximum Gasteiger partial charge on any atom is 0.338 e. The number of likely N-dealkylation sites (N-methyl/N-ethyl adjacent to an activating group) is 1. The SMILES string of the molecule is CCN(CC)S(=O)(=O)c1cc(C(=O)OCC(=O)N(C)Cc2ccccc2C)ccc1OC. The molecular weight excluding hydrogens is 432 g/mol. The summed E-state index contributed by atoms with van der Waals surface area (Å²) >= 11 is 0. The monoisotopic (exact) mass is 462 g/mol. The molecule has 0 unspecified atom stereocenters. The van der Waals surface area contributed by atoms with E-state index < -0.39 is 22.6 Å². The fourth-order valence-electron chi connectivity index (χ4n) is 3.16. The van der Waals surface area contributed by atoms with Gasteiger partial charge in [0.25, 0.3) is 5.91 Å². The Hall–Kier alpha value is -2.91. The van der Waals surface area contributed by atoms with Crippen LogP contribution in [0.2, 0.25) is 0 Å². The van der Waals surface area contributed by atoms with Crippen LogP contribution in [0.5, 0.6) is 5.75 Å². The quantitative estimate of drug-likeness (QED) is 0.504. The van der Waals surface area contributed by atoms with Crippen molar-refractivity contribution in [2.75, 3.05) is 33.9 Å². The third-order valence-corrected chi connectivity index (χ3v) is 7.21. The third kappa shape index (κ3) is 5.86. The predicted octanol–water partition coefficient (Wildman–Crippen LogP) is 2.85. The van der Waals surface area contributed by atoms with E-state index >= 15 is 0 Å². The van der Waals surface area contributed by atoms with Crippen LogP contribution in [0.1, 0.15) is 35.3 Å². The number of hydrogen-bond donors (Lipinski definition) is 0. The number of aryl methyl sites for hydroxylation is 1. The van der Waals surface area contributed by atoms with E-state index in [2.05, 4.69) is 0 Å². The Bertz CT molecular complexity index is 1060. The summed E-state index contributed by atoms with van der Waals surface area (Å²) in [6.07, 6.45) is 0. The number of ether oxygens (including phenoxy) is 2. The van der Waals surface area contributed by atoms with Crippen LogP contribution in [0, 0.1) is 6.92 Å². The van der Waals surface area contributed by atoms with Crippen LogP contribution in [0.15, 0.2) is 47.4 Å². The van der Waals surface area contributed by atoms with Gasteiger partial charge in [-0.1, -0.05) is 38.1 Å². The Morgan fingerprint density at radius 2 is 1.69 bits per heavy atom. The van der Waals surface area contributed by atoms with Crippen molar-refractivity contribution in [3.05, 3.63) is 59.2 Å². The number of nitrogens with zero attached hydrogens (tertiary/aromatic N) is 2. The van der Waals surface area contributed by atoms with E-state index in [0.29, 0.717) is 6.54 Å². The molecule has 32 heavy (non-hydrogen) atoms. The minimum absolute atomic E-state index is 0.0193. The summed E-state index contributed by atoms with van der Waals surface area (Å²) in [6.45, 7) is 5.90. The number of amides is 1. The lowest BCUT2D eigenvalue weighted by Gasteiger charge is -2.20. The van der Waals surface area contributed by atoms with Gasteiger partial charge in [-0.2, -0.15) is 4.31 Å². The van der Waals surface area contributed by atoms with Crippen LogP contribution in [-0.4, -0.2) is 63.4 Å². The molecule has 0 radical (unpaired) electrons. The van der Waals surface area contributed by atoms with E-state index in [0.717, 1.165) is 11.1 Å². The Morgan fingerprint density at radius 1 is 1.03 bits per heavy atom. The van der Waals surface area contributed by atoms with Crippen molar-refractivity contribution in [1.82, 2.24) is 9.21 Å². The number of esters is 1. The summed E-state index contributed by atoms with van der Waals surface area (Å²) in [5, 5.41) is 0. The average Bonchev–Trinajstić information content (AvgIpc) is 2.78. The lowest BCUT2D eigenvalue weighted by molar-refractivity contribution is -0.133. The molecule has 0 saturated heterocycles. The zero-order chi connectivity index (χ0) is 23.9. The van der Waals surface area contributed by atoms with Gasteiger partial charge < -0.3 is 14.4 Å². The van der Waals surface area contributed by atoms with Crippen molar-refractivity contribution in [3.63, 3.8) is 0 Å². The van der Waals surface area contributed by atoms with Gasteiger partial charge in [0.1, 0.15) is 10.6 Å². The first-order chi connectivity index (χ1) is 15.1. The van der Waals surface area contributed by atoms with Crippen LogP contribution >= 0.6 is 0 Å². The van der Waals surface area contributed by atoms with Crippen molar-refractivity contribution < 1.29 is 27.5 Å². The van der Waals surface area contributed by atoms with Gasteiger partial charge in [0, 0.05) is 26.7 Å². The number of methoxy groups -OCH3 is 1. The van der Waals surface area contributed by atoms with Gasteiger partial charge in [0.2, 0.25) is 10.0 Å². The zero-order valence-corrected chi connectivity index (χ0v) is 19.9. The van der Waals surface area contributed by atoms with Crippen LogP contribution < -0.4 is 4.74 Å². The molecule has 9 heteroatoms. The molecule has 0 aliphatic heterocycles. The maximum absolute atomic E-state index is 12.9. The highest BCUT2D eigenvalue weighted by molar-refractivity contribution is 7.89. The minimum Gasteiger partial charge on any atom is -0.495 e. The van der Waals surface area contributed by atoms with Crippen LogP contribution in [-0.2, 0) is 26.1 Å². The third-order valence-electron chi connectivity index (χ3n) is 5.14. The minimum atomic E-state index is -3.86. The number of carbonyl (C=O) groups is 2. The molecule has 2 rings (SSSR count). The molecule has 0 aliphatic carbocycles. The highest BCUT2D eigenvalue weighted by Crippen LogP contribution is 2.28. The van der Waals surface area contributed by atoms with Crippen LogP contribution in [0.25, 0.3) is 0 Å². The fraction of sp³-hybridized carbons (Fsp3) is 0.391. The lowest BCUT2D eigenvalue weighted by atomic mass is 10.1. The molecule has 0 N–H and O–H groups in total. The fourth-order valence-corrected chi connectivity index (χ4v) is 4.80. The lowest BCUT2D eigenvalue weighted by Crippen LogP contribution is -2.31. The number of sulfonamides is 1. The standard InChI is InChI=1S/C23H30N2O6S/c1-6-25(7-2)32(28,29)21-14-18(12-13-20(21)30-5)23(27)31-16-22(26)24(4)15-19-11-9-8-10-17(19)3/h8-14H,6-7,15-16H2,1-5H3. The van der Waals surface area contributed by atoms with E-state index in [1.807, 2.05) is 31.2 Å². The van der Waals surface area contributed by atoms with Crippen LogP contribution in [0.4, 0.5) is 0 Å². The molecule has 0 heterocycles. The summed E-state index contributed by atoms with van der Waals surface area (Å²) in [5.74, 6) is -1.03. The first-order valence-electron chi connectivity index (χ1n) is 10.3. The number of carbonyl (C=O) groups excluding carboxylic acids is 2. The van der Waals surface area contributed by atoms with E-state index in [9.17, 15) is 18.0 Å². The van der Waals surface area contributed by atoms with Crippen LogP contribution in [0.3, 0.4) is 0 Å². The van der Waals surface area contributed by atoms with Crippen molar-refractivity contribution in [2.45, 2.75) is 32.2 Å². The molecule has 0 aliphatic rings. The molecule has 174 valence electrons. The second-order valence-corrected chi connectivity index (χ2v) is 9.11. The van der Waals surface area contributed by atoms with Gasteiger partial charge in [-0.15, -0.1) is 0 Å². The molecule has 0 saturated carbocycles. The van der Waals surface area contributed by atoms with Gasteiger partial charge in [-0.05, 0) is 36.2 Å². The Balaban J connectivity index is 2.13. The molecule has 0 spiro atoms. The Labute approximate surface area is 189 Å². The Kier molecular flexibility index (Phi) is 8.80. The summed E-state index contributed by atoms with van der Waals surface area (Å²) in [7, 11) is -0.870. The Morgan fingerprint density at radius 3 is 2.28 bits per heavy atom. The van der Waals surface area contributed by atoms with E-state index in [1.54, 1.807) is 20.9 Å². The summed E-state index contributed by atoms with van der Waals surface area (Å²) < 4.78 is 37.5. The van der Waals surface area contributed by atoms with Crippen molar-refractivity contribution >= 4 is 21.9 Å². The van der Waals surface area contributed by atoms with Crippen molar-refractivity contribution in [2.24, 2.45) is 0 Å². The molecular formula is C23H30N2O6S. The zero-order valence-electron chi connectivity index (χ0n) is 19.1. The molecule has 8 nitrogen and oxygen atoms in total. The summed E-state index contributed by atoms with van der Waals surface area (Å²) in [4.78, 5) is 26.3.